The maximum Gasteiger partial charge on any atom is 0.338 e. The van der Waals surface area contributed by atoms with E-state index in [1.165, 1.54) is 12.1 Å². The molecule has 1 aromatic carbocycles. The quantitative estimate of drug-likeness (QED) is 0.191. The Morgan fingerprint density at radius 1 is 0.833 bits per heavy atom. The van der Waals surface area contributed by atoms with Crippen LogP contribution in [0, 0.1) is 0 Å². The molecule has 0 bridgehead atoms. The van der Waals surface area contributed by atoms with Crippen molar-refractivity contribution in [3.63, 3.8) is 0 Å². The van der Waals surface area contributed by atoms with Gasteiger partial charge in [0.15, 0.2) is 29.7 Å². The Bertz CT molecular complexity index is 1180. The van der Waals surface area contributed by atoms with Gasteiger partial charge in [0, 0.05) is 46.6 Å². The monoisotopic (exact) mass is 594 g/mol. The number of carbonyl (C=O) groups is 7. The van der Waals surface area contributed by atoms with Gasteiger partial charge in [0.2, 0.25) is 0 Å². The third kappa shape index (κ3) is 9.36. The number of carbonyl (C=O) groups excluding carboxylic acids is 7. The van der Waals surface area contributed by atoms with Crippen LogP contribution in [0.1, 0.15) is 57.8 Å². The van der Waals surface area contributed by atoms with Crippen LogP contribution >= 0.6 is 0 Å². The Morgan fingerprint density at radius 2 is 1.43 bits per heavy atom. The molecule has 1 aliphatic rings. The molecule has 0 aromatic heterocycles. The van der Waals surface area contributed by atoms with E-state index in [0.717, 1.165) is 41.7 Å². The van der Waals surface area contributed by atoms with E-state index in [4.69, 9.17) is 33.2 Å². The molecule has 230 valence electrons. The van der Waals surface area contributed by atoms with E-state index in [-0.39, 0.29) is 5.56 Å². The Balaban J connectivity index is 2.77. The molecule has 0 unspecified atom stereocenters. The summed E-state index contributed by atoms with van der Waals surface area (Å²) < 4.78 is 37.8. The fourth-order valence-corrected chi connectivity index (χ4v) is 4.58. The molecule has 0 radical (unpaired) electrons. The minimum absolute atomic E-state index is 0.219. The molecule has 0 N–H and O–H groups in total. The zero-order valence-corrected chi connectivity index (χ0v) is 24.1. The molecule has 42 heavy (non-hydrogen) atoms. The topological polar surface area (TPSA) is 184 Å². The minimum Gasteiger partial charge on any atom is -0.467 e. The van der Waals surface area contributed by atoms with E-state index in [2.05, 4.69) is 0 Å². The molecular formula is C28H34O14. The molecule has 1 aliphatic heterocycles. The highest BCUT2D eigenvalue weighted by Gasteiger charge is 2.59. The molecule has 0 saturated carbocycles. The summed E-state index contributed by atoms with van der Waals surface area (Å²) in [7, 11) is 1.04. The highest BCUT2D eigenvalue weighted by atomic mass is 16.7. The van der Waals surface area contributed by atoms with Crippen LogP contribution in [-0.4, -0.2) is 91.4 Å². The van der Waals surface area contributed by atoms with Crippen molar-refractivity contribution in [2.75, 3.05) is 13.7 Å². The van der Waals surface area contributed by atoms with E-state index in [1.807, 2.05) is 0 Å². The van der Waals surface area contributed by atoms with Gasteiger partial charge in [-0.3, -0.25) is 28.8 Å². The number of esters is 6. The average molecular weight is 595 g/mol. The smallest absolute Gasteiger partial charge is 0.338 e. The number of rotatable bonds is 12. The van der Waals surface area contributed by atoms with Gasteiger partial charge >= 0.3 is 35.8 Å². The molecule has 14 heteroatoms. The molecule has 0 aliphatic carbocycles. The lowest BCUT2D eigenvalue weighted by molar-refractivity contribution is -0.266. The molecule has 6 atom stereocenters. The molecular weight excluding hydrogens is 560 g/mol. The van der Waals surface area contributed by atoms with E-state index >= 15 is 0 Å². The normalized spacial score (nSPS) is 22.9. The van der Waals surface area contributed by atoms with E-state index in [1.54, 1.807) is 18.2 Å². The van der Waals surface area contributed by atoms with Crippen LogP contribution in [0.4, 0.5) is 0 Å². The van der Waals surface area contributed by atoms with Crippen LogP contribution in [0.3, 0.4) is 0 Å². The highest BCUT2D eigenvalue weighted by molar-refractivity contribution is 6.00. The van der Waals surface area contributed by atoms with Crippen molar-refractivity contribution in [2.45, 2.75) is 83.6 Å². The summed E-state index contributed by atoms with van der Waals surface area (Å²) in [5, 5.41) is 0. The minimum atomic E-state index is -2.18. The fourth-order valence-electron chi connectivity index (χ4n) is 4.58. The SMILES string of the molecule is COC(=O)[C@@]1(CC(=O)c2ccccc2)C[C@H](OC(C)=O)[C@@H](OC(C)=O)[C@H]([C@@H](OC(C)=O)[C@@H](COC(C)=O)OC(C)=O)O1. The van der Waals surface area contributed by atoms with Gasteiger partial charge in [-0.25, -0.2) is 4.79 Å². The molecule has 1 aromatic rings. The number of ketones is 1. The van der Waals surface area contributed by atoms with Crippen molar-refractivity contribution >= 4 is 41.6 Å². The van der Waals surface area contributed by atoms with Crippen LogP contribution in [0.5, 0.6) is 0 Å². The van der Waals surface area contributed by atoms with Gasteiger partial charge in [0.1, 0.15) is 18.8 Å². The Kier molecular flexibility index (Phi) is 12.1. The predicted octanol–water partition coefficient (Wildman–Crippen LogP) is 1.25. The van der Waals surface area contributed by atoms with Gasteiger partial charge < -0.3 is 33.2 Å². The summed E-state index contributed by atoms with van der Waals surface area (Å²) in [4.78, 5) is 86.9. The third-order valence-corrected chi connectivity index (χ3v) is 6.06. The average Bonchev–Trinajstić information content (AvgIpc) is 2.90. The lowest BCUT2D eigenvalue weighted by atomic mass is 9.81. The lowest BCUT2D eigenvalue weighted by Gasteiger charge is -2.48. The second-order valence-corrected chi connectivity index (χ2v) is 9.48. The third-order valence-electron chi connectivity index (χ3n) is 6.06. The van der Waals surface area contributed by atoms with Gasteiger partial charge in [-0.2, -0.15) is 0 Å². The van der Waals surface area contributed by atoms with Crippen LogP contribution in [0.25, 0.3) is 0 Å². The summed E-state index contributed by atoms with van der Waals surface area (Å²) in [5.74, 6) is -5.91. The maximum absolute atomic E-state index is 13.4. The first-order chi connectivity index (χ1) is 19.7. The van der Waals surface area contributed by atoms with Crippen LogP contribution in [-0.2, 0) is 61.9 Å². The standard InChI is InChI=1S/C28H34O14/c1-15(29)37-14-23(39-17(3)31)25(41-19(5)33)26-24(40-18(4)32)22(38-16(2)30)13-28(42-26,27(35)36-6)12-21(34)20-10-8-7-9-11-20/h7-11,22-26H,12-14H2,1-6H3/t22-,23+,24+,25-,26+,28+/m0/s1. The molecule has 1 fully saturated rings. The number of hydrogen-bond acceptors (Lipinski definition) is 14. The van der Waals surface area contributed by atoms with Crippen LogP contribution in [0.15, 0.2) is 30.3 Å². The fraction of sp³-hybridized carbons (Fsp3) is 0.536. The first-order valence-electron chi connectivity index (χ1n) is 12.9. The molecule has 2 rings (SSSR count). The van der Waals surface area contributed by atoms with Gasteiger partial charge in [-0.15, -0.1) is 0 Å². The molecule has 1 saturated heterocycles. The number of methoxy groups -OCH3 is 1. The molecule has 14 nitrogen and oxygen atoms in total. The number of ether oxygens (including phenoxy) is 7. The first-order valence-corrected chi connectivity index (χ1v) is 12.9. The van der Waals surface area contributed by atoms with Crippen LogP contribution in [0.2, 0.25) is 0 Å². The maximum atomic E-state index is 13.4. The number of benzene rings is 1. The Hall–Kier alpha value is -4.33. The highest BCUT2D eigenvalue weighted by Crippen LogP contribution is 2.40. The van der Waals surface area contributed by atoms with Gasteiger partial charge in [0.05, 0.1) is 13.5 Å². The zero-order valence-electron chi connectivity index (χ0n) is 24.1. The van der Waals surface area contributed by atoms with Crippen molar-refractivity contribution in [1.29, 1.82) is 0 Å². The largest absolute Gasteiger partial charge is 0.467 e. The molecule has 1 heterocycles. The number of Topliss-reactive ketones (excluding diaryl/α,β-unsaturated/α-hetero) is 1. The summed E-state index contributed by atoms with van der Waals surface area (Å²) >= 11 is 0. The summed E-state index contributed by atoms with van der Waals surface area (Å²) in [6.45, 7) is 4.60. The summed E-state index contributed by atoms with van der Waals surface area (Å²) in [6.07, 6.45) is -9.16. The zero-order chi connectivity index (χ0) is 31.6. The summed E-state index contributed by atoms with van der Waals surface area (Å²) in [5.41, 5.74) is -1.96. The van der Waals surface area contributed by atoms with E-state index in [9.17, 15) is 33.6 Å². The lowest BCUT2D eigenvalue weighted by Crippen LogP contribution is -2.66. The van der Waals surface area contributed by atoms with E-state index in [0.29, 0.717) is 0 Å². The van der Waals surface area contributed by atoms with Gasteiger partial charge in [-0.1, -0.05) is 30.3 Å². The summed E-state index contributed by atoms with van der Waals surface area (Å²) in [6, 6.07) is 7.92. The van der Waals surface area contributed by atoms with Gasteiger partial charge in [-0.05, 0) is 0 Å². The van der Waals surface area contributed by atoms with Gasteiger partial charge in [0.25, 0.3) is 0 Å². The Labute approximate surface area is 241 Å². The molecule has 0 amide bonds. The van der Waals surface area contributed by atoms with Crippen molar-refractivity contribution in [3.05, 3.63) is 35.9 Å². The Morgan fingerprint density at radius 3 is 1.93 bits per heavy atom. The van der Waals surface area contributed by atoms with Crippen molar-refractivity contribution in [3.8, 4) is 0 Å². The van der Waals surface area contributed by atoms with Crippen molar-refractivity contribution in [2.24, 2.45) is 0 Å². The predicted molar refractivity (Wildman–Crippen MR) is 138 cm³/mol. The van der Waals surface area contributed by atoms with Crippen LogP contribution < -0.4 is 0 Å². The van der Waals surface area contributed by atoms with Crippen molar-refractivity contribution < 1.29 is 66.7 Å². The number of hydrogen-bond donors (Lipinski definition) is 0. The van der Waals surface area contributed by atoms with E-state index < -0.39 is 97.2 Å². The molecule has 0 spiro atoms. The first kappa shape index (κ1) is 33.9. The second-order valence-electron chi connectivity index (χ2n) is 9.48. The second kappa shape index (κ2) is 15.1. The van der Waals surface area contributed by atoms with Crippen molar-refractivity contribution in [1.82, 2.24) is 0 Å².